The van der Waals surface area contributed by atoms with E-state index in [1.807, 2.05) is 51.1 Å². The highest BCUT2D eigenvalue weighted by Gasteiger charge is 2.40. The number of aliphatic hydroxyl groups is 2. The van der Waals surface area contributed by atoms with Crippen LogP contribution in [-0.2, 0) is 25.5 Å². The van der Waals surface area contributed by atoms with Crippen LogP contribution in [0, 0.1) is 17.8 Å². The van der Waals surface area contributed by atoms with Gasteiger partial charge in [-0.15, -0.1) is 0 Å². The fraction of sp³-hybridized carbons (Fsp3) is 0.700. The number of nitrogens with one attached hydrogen (secondary N) is 1. The van der Waals surface area contributed by atoms with Gasteiger partial charge in [-0.3, -0.25) is 9.59 Å². The van der Waals surface area contributed by atoms with E-state index in [1.165, 1.54) is 4.90 Å². The summed E-state index contributed by atoms with van der Waals surface area (Å²) in [7, 11) is 1.60. The van der Waals surface area contributed by atoms with Crippen LogP contribution in [0.2, 0.25) is 0 Å². The number of ether oxygens (including phenoxy) is 1. The van der Waals surface area contributed by atoms with Crippen LogP contribution < -0.4 is 5.32 Å². The molecule has 1 aromatic rings. The second-order valence-corrected chi connectivity index (χ2v) is 11.2. The summed E-state index contributed by atoms with van der Waals surface area (Å²) in [5.41, 5.74) is 0.881. The number of unbranched alkanes of at least 4 members (excludes halogenated alkanes) is 1. The number of nitrogens with zero attached hydrogens (tertiary/aromatic N) is 1. The zero-order valence-corrected chi connectivity index (χ0v) is 23.9. The van der Waals surface area contributed by atoms with E-state index in [1.54, 1.807) is 20.9 Å². The largest absolute Gasteiger partial charge is 0.460 e. The highest BCUT2D eigenvalue weighted by Crippen LogP contribution is 2.26. The fourth-order valence-electron chi connectivity index (χ4n) is 5.06. The Hall–Kier alpha value is -2.45. The lowest BCUT2D eigenvalue weighted by atomic mass is 9.88. The first kappa shape index (κ1) is 31.8. The Morgan fingerprint density at radius 3 is 2.29 bits per heavy atom. The van der Waals surface area contributed by atoms with Crippen molar-refractivity contribution >= 4 is 17.8 Å². The highest BCUT2D eigenvalue weighted by atomic mass is 16.5. The minimum Gasteiger partial charge on any atom is -0.460 e. The summed E-state index contributed by atoms with van der Waals surface area (Å²) >= 11 is 0. The third-order valence-corrected chi connectivity index (χ3v) is 7.98. The van der Waals surface area contributed by atoms with Gasteiger partial charge in [-0.2, -0.15) is 0 Å². The molecule has 8 heteroatoms. The van der Waals surface area contributed by atoms with Crippen molar-refractivity contribution in [3.63, 3.8) is 0 Å². The predicted molar refractivity (Wildman–Crippen MR) is 147 cm³/mol. The molecule has 0 bridgehead atoms. The van der Waals surface area contributed by atoms with Crippen molar-refractivity contribution in [2.75, 3.05) is 7.05 Å². The Labute approximate surface area is 228 Å². The number of carbonyl (C=O) groups is 3. The van der Waals surface area contributed by atoms with E-state index in [2.05, 4.69) is 5.32 Å². The molecule has 1 aliphatic heterocycles. The van der Waals surface area contributed by atoms with Crippen LogP contribution in [0.5, 0.6) is 0 Å². The normalized spacial score (nSPS) is 27.9. The molecular formula is C30H48N2O6. The first-order valence-corrected chi connectivity index (χ1v) is 14.1. The molecule has 38 heavy (non-hydrogen) atoms. The lowest BCUT2D eigenvalue weighted by molar-refractivity contribution is -0.166. The van der Waals surface area contributed by atoms with Crippen LogP contribution in [0.1, 0.15) is 78.7 Å². The standard InChI is InChI=1S/C30H48N2O6/c1-7-19(2)27-30(37)38-26(20(3)13-11-12-14-21(4)33)18-25(34)22(5)28(35)31-24(29(36)32(27)6)17-23-15-9-8-10-16-23/h8-10,15-16,19-22,24-27,33-34H,7,11-14,17-18H2,1-6H3,(H,31,35)/t19-,20-,21+,22+,24+,25+,26-,27-/m0/s1. The van der Waals surface area contributed by atoms with Crippen molar-refractivity contribution < 1.29 is 29.3 Å². The number of aliphatic hydroxyl groups excluding tert-OH is 2. The maximum atomic E-state index is 13.7. The van der Waals surface area contributed by atoms with Crippen LogP contribution in [0.4, 0.5) is 0 Å². The molecule has 8 nitrogen and oxygen atoms in total. The van der Waals surface area contributed by atoms with E-state index in [-0.39, 0.29) is 36.7 Å². The molecule has 1 heterocycles. The second kappa shape index (κ2) is 15.2. The molecule has 1 fully saturated rings. The van der Waals surface area contributed by atoms with Gasteiger partial charge in [0.05, 0.1) is 18.1 Å². The molecule has 1 aromatic carbocycles. The van der Waals surface area contributed by atoms with E-state index in [4.69, 9.17) is 4.74 Å². The topological polar surface area (TPSA) is 116 Å². The molecular weight excluding hydrogens is 484 g/mol. The average molecular weight is 533 g/mol. The number of cyclic esters (lactones) is 1. The third-order valence-electron chi connectivity index (χ3n) is 7.98. The van der Waals surface area contributed by atoms with E-state index < -0.39 is 42.1 Å². The van der Waals surface area contributed by atoms with E-state index in [0.29, 0.717) is 12.8 Å². The number of likely N-dealkylation sites (N-methyl/N-ethyl adjacent to an activating group) is 1. The zero-order valence-electron chi connectivity index (χ0n) is 23.9. The molecule has 8 atom stereocenters. The summed E-state index contributed by atoms with van der Waals surface area (Å²) in [6.07, 6.45) is 2.20. The van der Waals surface area contributed by atoms with Crippen LogP contribution in [-0.4, -0.2) is 70.3 Å². The Kier molecular flexibility index (Phi) is 12.7. The van der Waals surface area contributed by atoms with E-state index >= 15 is 0 Å². The average Bonchev–Trinajstić information content (AvgIpc) is 2.88. The van der Waals surface area contributed by atoms with Gasteiger partial charge in [0.1, 0.15) is 18.2 Å². The zero-order chi connectivity index (χ0) is 28.4. The Bertz CT molecular complexity index is 892. The smallest absolute Gasteiger partial charge is 0.329 e. The summed E-state index contributed by atoms with van der Waals surface area (Å²) < 4.78 is 6.05. The second-order valence-electron chi connectivity index (χ2n) is 11.2. The van der Waals surface area contributed by atoms with Gasteiger partial charge in [-0.25, -0.2) is 4.79 Å². The van der Waals surface area contributed by atoms with Crippen LogP contribution in [0.25, 0.3) is 0 Å². The molecule has 2 rings (SSSR count). The molecule has 0 unspecified atom stereocenters. The predicted octanol–water partition coefficient (Wildman–Crippen LogP) is 3.48. The number of amides is 2. The van der Waals surface area contributed by atoms with Crippen molar-refractivity contribution in [1.29, 1.82) is 0 Å². The summed E-state index contributed by atoms with van der Waals surface area (Å²) in [5, 5.41) is 23.4. The van der Waals surface area contributed by atoms with Crippen LogP contribution >= 0.6 is 0 Å². The van der Waals surface area contributed by atoms with Crippen molar-refractivity contribution in [2.45, 2.75) is 110 Å². The van der Waals surface area contributed by atoms with Gasteiger partial charge in [0.15, 0.2) is 0 Å². The van der Waals surface area contributed by atoms with Gasteiger partial charge >= 0.3 is 5.97 Å². The summed E-state index contributed by atoms with van der Waals surface area (Å²) in [4.78, 5) is 42.0. The molecule has 1 aliphatic rings. The summed E-state index contributed by atoms with van der Waals surface area (Å²) in [6.45, 7) is 9.25. The van der Waals surface area contributed by atoms with Gasteiger partial charge in [0.25, 0.3) is 0 Å². The minimum absolute atomic E-state index is 0.0646. The monoisotopic (exact) mass is 532 g/mol. The van der Waals surface area contributed by atoms with Crippen molar-refractivity contribution in [3.05, 3.63) is 35.9 Å². The fourth-order valence-corrected chi connectivity index (χ4v) is 5.06. The summed E-state index contributed by atoms with van der Waals surface area (Å²) in [5.74, 6) is -2.28. The minimum atomic E-state index is -1.04. The number of carbonyl (C=O) groups excluding carboxylic acids is 3. The van der Waals surface area contributed by atoms with Gasteiger partial charge in [-0.1, -0.05) is 77.3 Å². The maximum Gasteiger partial charge on any atom is 0.329 e. The van der Waals surface area contributed by atoms with E-state index in [9.17, 15) is 24.6 Å². The summed E-state index contributed by atoms with van der Waals surface area (Å²) in [6, 6.07) is 7.71. The Morgan fingerprint density at radius 1 is 1.05 bits per heavy atom. The van der Waals surface area contributed by atoms with Crippen molar-refractivity contribution in [1.82, 2.24) is 10.2 Å². The quantitative estimate of drug-likeness (QED) is 0.314. The molecule has 1 saturated heterocycles. The first-order valence-electron chi connectivity index (χ1n) is 14.1. The van der Waals surface area contributed by atoms with Gasteiger partial charge < -0.3 is 25.2 Å². The SMILES string of the molecule is CC[C@H](C)[C@H]1C(=O)O[C@H]([C@@H](C)CCCC[C@@H](C)O)C[C@@H](O)[C@@H](C)C(=O)N[C@H](Cc2ccccc2)C(=O)N1C. The molecule has 3 N–H and O–H groups in total. The Balaban J connectivity index is 2.36. The van der Waals surface area contributed by atoms with Gasteiger partial charge in [0, 0.05) is 19.9 Å². The molecule has 0 aromatic heterocycles. The lowest BCUT2D eigenvalue weighted by Crippen LogP contribution is -2.57. The molecule has 0 saturated carbocycles. The lowest BCUT2D eigenvalue weighted by Gasteiger charge is -2.37. The van der Waals surface area contributed by atoms with Crippen LogP contribution in [0.15, 0.2) is 30.3 Å². The molecule has 0 aliphatic carbocycles. The van der Waals surface area contributed by atoms with Crippen molar-refractivity contribution in [2.24, 2.45) is 17.8 Å². The number of esters is 1. The first-order chi connectivity index (χ1) is 18.0. The van der Waals surface area contributed by atoms with Gasteiger partial charge in [0.2, 0.25) is 11.8 Å². The third kappa shape index (κ3) is 9.09. The number of benzene rings is 1. The molecule has 214 valence electrons. The molecule has 2 amide bonds. The van der Waals surface area contributed by atoms with Crippen molar-refractivity contribution in [3.8, 4) is 0 Å². The number of rotatable bonds is 10. The Morgan fingerprint density at radius 2 is 1.68 bits per heavy atom. The number of hydrogen-bond donors (Lipinski definition) is 3. The van der Waals surface area contributed by atoms with Crippen LogP contribution in [0.3, 0.4) is 0 Å². The molecule has 0 radical (unpaired) electrons. The highest BCUT2D eigenvalue weighted by molar-refractivity contribution is 5.91. The maximum absolute atomic E-state index is 13.7. The number of hydrogen-bond acceptors (Lipinski definition) is 6. The van der Waals surface area contributed by atoms with Gasteiger partial charge in [-0.05, 0) is 37.2 Å². The molecule has 0 spiro atoms. The van der Waals surface area contributed by atoms with E-state index in [0.717, 1.165) is 24.8 Å².